The second kappa shape index (κ2) is 10.4. The lowest BCUT2D eigenvalue weighted by molar-refractivity contribution is -0.136. The van der Waals surface area contributed by atoms with Gasteiger partial charge >= 0.3 is 0 Å². The molecule has 0 bridgehead atoms. The molecule has 4 heterocycles. The van der Waals surface area contributed by atoms with Gasteiger partial charge in [0, 0.05) is 37.9 Å². The Labute approximate surface area is 226 Å². The van der Waals surface area contributed by atoms with Crippen molar-refractivity contribution in [1.82, 2.24) is 19.8 Å². The van der Waals surface area contributed by atoms with E-state index in [1.807, 2.05) is 54.6 Å². The first-order valence-electron chi connectivity index (χ1n) is 12.1. The molecular weight excluding hydrogens is 522 g/mol. The standard InChI is InChI=1S/C27H23N5O4S2/c33-23(31-14-12-30(13-15-31)18-6-2-1-3-7-18)17-32-25(34)22(37-27(32)35)16-19-10-11-24(36-19)38-26-28-20-8-4-5-9-21(20)29-26/h1-11,16H,12-15,17H2,(H,28,29). The number of H-pyrrole nitrogens is 1. The minimum atomic E-state index is -0.487. The zero-order valence-corrected chi connectivity index (χ0v) is 21.8. The molecule has 0 atom stereocenters. The Bertz CT molecular complexity index is 1510. The van der Waals surface area contributed by atoms with E-state index < -0.39 is 11.1 Å². The highest BCUT2D eigenvalue weighted by atomic mass is 32.2. The van der Waals surface area contributed by atoms with E-state index in [1.54, 1.807) is 17.0 Å². The van der Waals surface area contributed by atoms with Gasteiger partial charge in [-0.15, -0.1) is 0 Å². The van der Waals surface area contributed by atoms with Crippen molar-refractivity contribution < 1.29 is 18.8 Å². The number of aromatic nitrogens is 2. The summed E-state index contributed by atoms with van der Waals surface area (Å²) in [7, 11) is 0. The van der Waals surface area contributed by atoms with Gasteiger partial charge in [0.25, 0.3) is 11.1 Å². The summed E-state index contributed by atoms with van der Waals surface area (Å²) in [6.45, 7) is 2.21. The van der Waals surface area contributed by atoms with Gasteiger partial charge < -0.3 is 19.2 Å². The molecular formula is C27H23N5O4S2. The number of para-hydroxylation sites is 3. The number of aromatic amines is 1. The summed E-state index contributed by atoms with van der Waals surface area (Å²) in [5.41, 5.74) is 2.92. The molecule has 4 aromatic rings. The Kier molecular flexibility index (Phi) is 6.69. The maximum atomic E-state index is 12.9. The Morgan fingerprint density at radius 2 is 1.76 bits per heavy atom. The fourth-order valence-corrected chi connectivity index (χ4v) is 5.98. The maximum Gasteiger partial charge on any atom is 0.294 e. The molecule has 6 rings (SSSR count). The third kappa shape index (κ3) is 5.07. The first kappa shape index (κ1) is 24.4. The lowest BCUT2D eigenvalue weighted by atomic mass is 10.2. The average Bonchev–Trinajstić information content (AvgIpc) is 3.63. The zero-order chi connectivity index (χ0) is 26.1. The molecule has 0 spiro atoms. The zero-order valence-electron chi connectivity index (χ0n) is 20.2. The number of amides is 3. The van der Waals surface area contributed by atoms with Gasteiger partial charge in [0.15, 0.2) is 10.2 Å². The fourth-order valence-electron chi connectivity index (χ4n) is 4.39. The van der Waals surface area contributed by atoms with Crippen LogP contribution in [0.1, 0.15) is 5.76 Å². The molecule has 3 amide bonds. The molecule has 2 aliphatic heterocycles. The molecule has 9 nitrogen and oxygen atoms in total. The Balaban J connectivity index is 1.06. The number of furan rings is 1. The number of carbonyl (C=O) groups is 3. The summed E-state index contributed by atoms with van der Waals surface area (Å²) in [5.74, 6) is -0.277. The molecule has 0 radical (unpaired) electrons. The van der Waals surface area contributed by atoms with Crippen LogP contribution in [0.15, 0.2) is 86.3 Å². The van der Waals surface area contributed by atoms with Crippen molar-refractivity contribution in [1.29, 1.82) is 0 Å². The molecule has 2 fully saturated rings. The van der Waals surface area contributed by atoms with Crippen molar-refractivity contribution in [2.75, 3.05) is 37.6 Å². The Hall–Kier alpha value is -3.96. The van der Waals surface area contributed by atoms with Crippen molar-refractivity contribution >= 4 is 63.4 Å². The van der Waals surface area contributed by atoms with Crippen LogP contribution in [0.5, 0.6) is 0 Å². The third-order valence-corrected chi connectivity index (χ3v) is 8.08. The second-order valence-electron chi connectivity index (χ2n) is 8.79. The van der Waals surface area contributed by atoms with Crippen LogP contribution >= 0.6 is 23.5 Å². The summed E-state index contributed by atoms with van der Waals surface area (Å²) < 4.78 is 5.84. The number of imidazole rings is 1. The van der Waals surface area contributed by atoms with Crippen LogP contribution in [0, 0.1) is 0 Å². The molecule has 2 aliphatic rings. The topological polar surface area (TPSA) is 103 Å². The number of thioether (sulfide) groups is 1. The average molecular weight is 546 g/mol. The molecule has 2 aromatic heterocycles. The maximum absolute atomic E-state index is 12.9. The predicted molar refractivity (Wildman–Crippen MR) is 147 cm³/mol. The highest BCUT2D eigenvalue weighted by molar-refractivity contribution is 8.18. The summed E-state index contributed by atoms with van der Waals surface area (Å²) in [6.07, 6.45) is 1.54. The van der Waals surface area contributed by atoms with E-state index in [9.17, 15) is 14.4 Å². The first-order valence-corrected chi connectivity index (χ1v) is 13.7. The van der Waals surface area contributed by atoms with E-state index in [1.165, 1.54) is 17.8 Å². The van der Waals surface area contributed by atoms with Gasteiger partial charge in [-0.3, -0.25) is 19.3 Å². The van der Waals surface area contributed by atoms with E-state index in [0.29, 0.717) is 42.2 Å². The number of anilines is 1. The van der Waals surface area contributed by atoms with Gasteiger partial charge in [-0.2, -0.15) is 0 Å². The molecule has 1 N–H and O–H groups in total. The van der Waals surface area contributed by atoms with Crippen molar-refractivity contribution in [2.24, 2.45) is 0 Å². The van der Waals surface area contributed by atoms with Gasteiger partial charge in [-0.05, 0) is 59.9 Å². The molecule has 2 aromatic carbocycles. The molecule has 11 heteroatoms. The molecule has 2 saturated heterocycles. The number of nitrogens with one attached hydrogen (secondary N) is 1. The van der Waals surface area contributed by atoms with Crippen molar-refractivity contribution in [3.63, 3.8) is 0 Å². The highest BCUT2D eigenvalue weighted by Crippen LogP contribution is 2.34. The molecule has 192 valence electrons. The van der Waals surface area contributed by atoms with Crippen LogP contribution < -0.4 is 4.90 Å². The lowest BCUT2D eigenvalue weighted by Crippen LogP contribution is -2.51. The summed E-state index contributed by atoms with van der Waals surface area (Å²) >= 11 is 2.14. The predicted octanol–water partition coefficient (Wildman–Crippen LogP) is 4.69. The smallest absolute Gasteiger partial charge is 0.294 e. The van der Waals surface area contributed by atoms with Gasteiger partial charge in [-0.1, -0.05) is 30.3 Å². The van der Waals surface area contributed by atoms with E-state index in [-0.39, 0.29) is 17.4 Å². The lowest BCUT2D eigenvalue weighted by Gasteiger charge is -2.36. The highest BCUT2D eigenvalue weighted by Gasteiger charge is 2.37. The van der Waals surface area contributed by atoms with Gasteiger partial charge in [-0.25, -0.2) is 4.98 Å². The summed E-state index contributed by atoms with van der Waals surface area (Å²) in [5, 5.41) is 0.829. The normalized spacial score (nSPS) is 17.3. The second-order valence-corrected chi connectivity index (χ2v) is 10.8. The number of carbonyl (C=O) groups excluding carboxylic acids is 3. The van der Waals surface area contributed by atoms with Gasteiger partial charge in [0.05, 0.1) is 15.9 Å². The number of hydrogen-bond acceptors (Lipinski definition) is 8. The fraction of sp³-hybridized carbons (Fsp3) is 0.185. The number of benzene rings is 2. The van der Waals surface area contributed by atoms with Crippen LogP contribution in [-0.2, 0) is 9.59 Å². The number of rotatable bonds is 6. The third-order valence-electron chi connectivity index (χ3n) is 6.36. The van der Waals surface area contributed by atoms with E-state index in [2.05, 4.69) is 14.9 Å². The van der Waals surface area contributed by atoms with E-state index in [4.69, 9.17) is 4.42 Å². The first-order chi connectivity index (χ1) is 18.5. The van der Waals surface area contributed by atoms with E-state index >= 15 is 0 Å². The van der Waals surface area contributed by atoms with Crippen molar-refractivity contribution in [3.05, 3.63) is 77.4 Å². The number of nitrogens with zero attached hydrogens (tertiary/aromatic N) is 4. The summed E-state index contributed by atoms with van der Waals surface area (Å²) in [6, 6.07) is 21.3. The monoisotopic (exact) mass is 545 g/mol. The van der Waals surface area contributed by atoms with Crippen molar-refractivity contribution in [3.8, 4) is 0 Å². The Morgan fingerprint density at radius 3 is 2.55 bits per heavy atom. The largest absolute Gasteiger partial charge is 0.450 e. The number of fused-ring (bicyclic) bond motifs is 1. The minimum absolute atomic E-state index is 0.228. The van der Waals surface area contributed by atoms with Crippen LogP contribution in [0.4, 0.5) is 10.5 Å². The molecule has 0 unspecified atom stereocenters. The number of imide groups is 1. The molecule has 38 heavy (non-hydrogen) atoms. The quantitative estimate of drug-likeness (QED) is 0.348. The van der Waals surface area contributed by atoms with Crippen LogP contribution in [0.3, 0.4) is 0 Å². The Morgan fingerprint density at radius 1 is 1.00 bits per heavy atom. The van der Waals surface area contributed by atoms with Gasteiger partial charge in [0.1, 0.15) is 12.3 Å². The number of hydrogen-bond donors (Lipinski definition) is 1. The van der Waals surface area contributed by atoms with Gasteiger partial charge in [0.2, 0.25) is 5.91 Å². The molecule has 0 saturated carbocycles. The summed E-state index contributed by atoms with van der Waals surface area (Å²) in [4.78, 5) is 51.3. The van der Waals surface area contributed by atoms with E-state index in [0.717, 1.165) is 33.4 Å². The van der Waals surface area contributed by atoms with Crippen LogP contribution in [-0.4, -0.2) is 69.5 Å². The molecule has 0 aliphatic carbocycles. The van der Waals surface area contributed by atoms with Crippen LogP contribution in [0.2, 0.25) is 0 Å². The minimum Gasteiger partial charge on any atom is -0.450 e. The van der Waals surface area contributed by atoms with Crippen LogP contribution in [0.25, 0.3) is 17.1 Å². The number of piperazine rings is 1. The van der Waals surface area contributed by atoms with Crippen molar-refractivity contribution in [2.45, 2.75) is 10.2 Å². The SMILES string of the molecule is O=C(CN1C(=O)SC(=Cc2ccc(Sc3nc4ccccc4[nH]3)o2)C1=O)N1CCN(c2ccccc2)CC1.